The molecule has 0 fully saturated rings. The standard InChI is InChI=1S/C15H24N2O2.ClH/c1-4-19-14-10-12(2)7-8-13(14)11-17-15(18)6-5-9-16-3;/h7-8,10,16H,4-6,9,11H2,1-3H3,(H,17,18);1H. The van der Waals surface area contributed by atoms with Crippen LogP contribution in [-0.2, 0) is 11.3 Å². The fraction of sp³-hybridized carbons (Fsp3) is 0.533. The summed E-state index contributed by atoms with van der Waals surface area (Å²) in [5, 5.41) is 5.96. The largest absolute Gasteiger partial charge is 0.494 e. The Kier molecular flexibility index (Phi) is 9.86. The van der Waals surface area contributed by atoms with Gasteiger partial charge in [0.05, 0.1) is 6.61 Å². The normalized spacial score (nSPS) is 9.75. The molecule has 1 aromatic rings. The van der Waals surface area contributed by atoms with Crippen molar-refractivity contribution in [3.05, 3.63) is 29.3 Å². The van der Waals surface area contributed by atoms with Gasteiger partial charge in [-0.1, -0.05) is 12.1 Å². The highest BCUT2D eigenvalue weighted by Crippen LogP contribution is 2.20. The van der Waals surface area contributed by atoms with Crippen molar-refractivity contribution in [2.75, 3.05) is 20.2 Å². The first kappa shape index (κ1) is 18.7. The number of carbonyl (C=O) groups is 1. The van der Waals surface area contributed by atoms with Crippen LogP contribution in [0.5, 0.6) is 5.75 Å². The van der Waals surface area contributed by atoms with E-state index in [1.807, 2.05) is 39.1 Å². The fourth-order valence-electron chi connectivity index (χ4n) is 1.81. The van der Waals surface area contributed by atoms with Gasteiger partial charge in [0.15, 0.2) is 0 Å². The summed E-state index contributed by atoms with van der Waals surface area (Å²) in [6.07, 6.45) is 1.41. The maximum absolute atomic E-state index is 11.6. The average Bonchev–Trinajstić information content (AvgIpc) is 2.38. The van der Waals surface area contributed by atoms with Crippen LogP contribution in [0.15, 0.2) is 18.2 Å². The van der Waals surface area contributed by atoms with Crippen LogP contribution >= 0.6 is 12.4 Å². The Labute approximate surface area is 127 Å². The van der Waals surface area contributed by atoms with E-state index in [4.69, 9.17) is 4.74 Å². The van der Waals surface area contributed by atoms with E-state index in [1.165, 1.54) is 0 Å². The van der Waals surface area contributed by atoms with Gasteiger partial charge in [-0.05, 0) is 45.5 Å². The monoisotopic (exact) mass is 300 g/mol. The fourth-order valence-corrected chi connectivity index (χ4v) is 1.81. The molecule has 0 heterocycles. The van der Waals surface area contributed by atoms with Gasteiger partial charge in [-0.2, -0.15) is 0 Å². The molecule has 1 rings (SSSR count). The van der Waals surface area contributed by atoms with Gasteiger partial charge in [-0.25, -0.2) is 0 Å². The highest BCUT2D eigenvalue weighted by molar-refractivity contribution is 5.85. The number of rotatable bonds is 8. The average molecular weight is 301 g/mol. The molecule has 0 aliphatic rings. The maximum Gasteiger partial charge on any atom is 0.220 e. The topological polar surface area (TPSA) is 50.4 Å². The van der Waals surface area contributed by atoms with Crippen molar-refractivity contribution in [3.63, 3.8) is 0 Å². The van der Waals surface area contributed by atoms with E-state index in [-0.39, 0.29) is 18.3 Å². The van der Waals surface area contributed by atoms with Crippen molar-refractivity contribution in [3.8, 4) is 5.75 Å². The van der Waals surface area contributed by atoms with Crippen LogP contribution in [0.2, 0.25) is 0 Å². The van der Waals surface area contributed by atoms with Gasteiger partial charge >= 0.3 is 0 Å². The molecule has 1 aromatic carbocycles. The van der Waals surface area contributed by atoms with Crippen molar-refractivity contribution in [1.82, 2.24) is 10.6 Å². The quantitative estimate of drug-likeness (QED) is 0.725. The van der Waals surface area contributed by atoms with E-state index in [9.17, 15) is 4.79 Å². The second-order valence-corrected chi connectivity index (χ2v) is 4.53. The van der Waals surface area contributed by atoms with E-state index in [0.717, 1.165) is 29.8 Å². The summed E-state index contributed by atoms with van der Waals surface area (Å²) >= 11 is 0. The molecule has 1 amide bonds. The highest BCUT2D eigenvalue weighted by atomic mass is 35.5. The molecule has 0 saturated heterocycles. The Hall–Kier alpha value is -1.26. The lowest BCUT2D eigenvalue weighted by Crippen LogP contribution is -2.24. The third kappa shape index (κ3) is 6.78. The molecule has 0 saturated carbocycles. The molecule has 0 atom stereocenters. The van der Waals surface area contributed by atoms with Gasteiger partial charge in [0.25, 0.3) is 0 Å². The molecule has 0 bridgehead atoms. The van der Waals surface area contributed by atoms with Crippen LogP contribution in [0.3, 0.4) is 0 Å². The van der Waals surface area contributed by atoms with Crippen LogP contribution in [0.1, 0.15) is 30.9 Å². The maximum atomic E-state index is 11.6. The van der Waals surface area contributed by atoms with Crippen LogP contribution in [-0.4, -0.2) is 26.1 Å². The minimum atomic E-state index is 0. The number of halogens is 1. The zero-order chi connectivity index (χ0) is 14.1. The first-order chi connectivity index (χ1) is 9.17. The SMILES string of the molecule is CCOc1cc(C)ccc1CNC(=O)CCCNC.Cl. The van der Waals surface area contributed by atoms with E-state index >= 15 is 0 Å². The summed E-state index contributed by atoms with van der Waals surface area (Å²) in [4.78, 5) is 11.6. The number of amides is 1. The minimum absolute atomic E-state index is 0. The Morgan fingerprint density at radius 3 is 2.75 bits per heavy atom. The summed E-state index contributed by atoms with van der Waals surface area (Å²) in [7, 11) is 1.89. The lowest BCUT2D eigenvalue weighted by molar-refractivity contribution is -0.121. The smallest absolute Gasteiger partial charge is 0.220 e. The first-order valence-electron chi connectivity index (χ1n) is 6.81. The lowest BCUT2D eigenvalue weighted by Gasteiger charge is -2.12. The molecule has 0 unspecified atom stereocenters. The predicted molar refractivity (Wildman–Crippen MR) is 84.6 cm³/mol. The van der Waals surface area contributed by atoms with E-state index in [2.05, 4.69) is 10.6 Å². The summed E-state index contributed by atoms with van der Waals surface area (Å²) in [5.74, 6) is 0.941. The molecule has 0 aliphatic heterocycles. The van der Waals surface area contributed by atoms with Crippen molar-refractivity contribution in [1.29, 1.82) is 0 Å². The number of carbonyl (C=O) groups excluding carboxylic acids is 1. The van der Waals surface area contributed by atoms with Gasteiger partial charge in [0.1, 0.15) is 5.75 Å². The molecular weight excluding hydrogens is 276 g/mol. The van der Waals surface area contributed by atoms with Crippen molar-refractivity contribution in [2.45, 2.75) is 33.2 Å². The Bertz CT molecular complexity index is 411. The van der Waals surface area contributed by atoms with E-state index in [0.29, 0.717) is 19.6 Å². The molecular formula is C15H25ClN2O2. The second-order valence-electron chi connectivity index (χ2n) is 4.53. The van der Waals surface area contributed by atoms with Crippen molar-refractivity contribution >= 4 is 18.3 Å². The Morgan fingerprint density at radius 1 is 1.35 bits per heavy atom. The minimum Gasteiger partial charge on any atom is -0.494 e. The molecule has 4 nitrogen and oxygen atoms in total. The summed E-state index contributed by atoms with van der Waals surface area (Å²) in [6, 6.07) is 6.05. The zero-order valence-corrected chi connectivity index (χ0v) is 13.3. The third-order valence-electron chi connectivity index (χ3n) is 2.83. The van der Waals surface area contributed by atoms with Gasteiger partial charge in [0.2, 0.25) is 5.91 Å². The molecule has 20 heavy (non-hydrogen) atoms. The summed E-state index contributed by atoms with van der Waals surface area (Å²) < 4.78 is 5.59. The summed E-state index contributed by atoms with van der Waals surface area (Å²) in [6.45, 7) is 6.01. The zero-order valence-electron chi connectivity index (χ0n) is 12.5. The van der Waals surface area contributed by atoms with E-state index < -0.39 is 0 Å². The molecule has 0 radical (unpaired) electrons. The van der Waals surface area contributed by atoms with Gasteiger partial charge < -0.3 is 15.4 Å². The van der Waals surface area contributed by atoms with Gasteiger partial charge in [-0.15, -0.1) is 12.4 Å². The third-order valence-corrected chi connectivity index (χ3v) is 2.83. The number of nitrogens with one attached hydrogen (secondary N) is 2. The van der Waals surface area contributed by atoms with Crippen molar-refractivity contribution in [2.24, 2.45) is 0 Å². The van der Waals surface area contributed by atoms with Crippen LogP contribution in [0.25, 0.3) is 0 Å². The molecule has 114 valence electrons. The van der Waals surface area contributed by atoms with Crippen LogP contribution < -0.4 is 15.4 Å². The van der Waals surface area contributed by atoms with E-state index in [1.54, 1.807) is 0 Å². The van der Waals surface area contributed by atoms with Gasteiger partial charge in [-0.3, -0.25) is 4.79 Å². The first-order valence-corrected chi connectivity index (χ1v) is 6.81. The molecule has 0 aromatic heterocycles. The highest BCUT2D eigenvalue weighted by Gasteiger charge is 2.06. The summed E-state index contributed by atoms with van der Waals surface area (Å²) in [5.41, 5.74) is 2.18. The van der Waals surface area contributed by atoms with Crippen LogP contribution in [0, 0.1) is 6.92 Å². The molecule has 2 N–H and O–H groups in total. The second kappa shape index (κ2) is 10.5. The molecule has 5 heteroatoms. The predicted octanol–water partition coefficient (Wildman–Crippen LogP) is 2.43. The molecule has 0 spiro atoms. The number of hydrogen-bond donors (Lipinski definition) is 2. The number of hydrogen-bond acceptors (Lipinski definition) is 3. The van der Waals surface area contributed by atoms with Crippen LogP contribution in [0.4, 0.5) is 0 Å². The van der Waals surface area contributed by atoms with Crippen molar-refractivity contribution < 1.29 is 9.53 Å². The van der Waals surface area contributed by atoms with Gasteiger partial charge in [0, 0.05) is 18.5 Å². The lowest BCUT2D eigenvalue weighted by atomic mass is 10.1. The Morgan fingerprint density at radius 2 is 2.10 bits per heavy atom. The Balaban J connectivity index is 0.00000361. The number of ether oxygens (including phenoxy) is 1. The molecule has 0 aliphatic carbocycles. The number of aryl methyl sites for hydroxylation is 1. The number of benzene rings is 1.